The fraction of sp³-hybridized carbons (Fsp3) is 0.375. The maximum atomic E-state index is 14.5. The number of amides is 1. The molecule has 4 rings (SSSR count). The average molecular weight is 439 g/mol. The van der Waals surface area contributed by atoms with Gasteiger partial charge in [0.1, 0.15) is 5.82 Å². The van der Waals surface area contributed by atoms with Crippen LogP contribution in [0.4, 0.5) is 4.39 Å². The van der Waals surface area contributed by atoms with E-state index in [0.717, 1.165) is 18.4 Å². The van der Waals surface area contributed by atoms with Gasteiger partial charge in [0.05, 0.1) is 17.9 Å². The summed E-state index contributed by atoms with van der Waals surface area (Å²) in [7, 11) is 0. The molecule has 1 aliphatic carbocycles. The molecular formula is C24H27FN4OS. The van der Waals surface area contributed by atoms with Gasteiger partial charge in [0.25, 0.3) is 0 Å². The van der Waals surface area contributed by atoms with Gasteiger partial charge in [-0.1, -0.05) is 74.0 Å². The van der Waals surface area contributed by atoms with Crippen LogP contribution >= 0.6 is 11.8 Å². The van der Waals surface area contributed by atoms with E-state index in [4.69, 9.17) is 0 Å². The number of thioether (sulfide) groups is 1. The third-order valence-corrected chi connectivity index (χ3v) is 6.77. The van der Waals surface area contributed by atoms with Gasteiger partial charge in [-0.3, -0.25) is 9.36 Å². The number of nitrogens with zero attached hydrogens (tertiary/aromatic N) is 3. The van der Waals surface area contributed by atoms with Gasteiger partial charge in [0.15, 0.2) is 11.0 Å². The van der Waals surface area contributed by atoms with Gasteiger partial charge in [0.2, 0.25) is 5.91 Å². The number of rotatable bonds is 7. The SMILES string of the molecule is CC1CCCCC1NC(=O)CSc1nnc(-c2ccccc2F)n1Cc1ccccc1. The van der Waals surface area contributed by atoms with Crippen molar-refractivity contribution in [3.63, 3.8) is 0 Å². The number of carbonyl (C=O) groups is 1. The predicted molar refractivity (Wildman–Crippen MR) is 121 cm³/mol. The summed E-state index contributed by atoms with van der Waals surface area (Å²) in [6, 6.07) is 16.7. The first-order chi connectivity index (χ1) is 15.1. The molecule has 7 heteroatoms. The second-order valence-corrected chi connectivity index (χ2v) is 9.02. The van der Waals surface area contributed by atoms with E-state index in [-0.39, 0.29) is 23.5 Å². The Morgan fingerprint density at radius 3 is 2.61 bits per heavy atom. The van der Waals surface area contributed by atoms with E-state index >= 15 is 0 Å². The standard InChI is InChI=1S/C24H27FN4OS/c1-17-9-5-8-14-21(17)26-22(30)16-31-24-28-27-23(19-12-6-7-13-20(19)25)29(24)15-18-10-3-2-4-11-18/h2-4,6-7,10-13,17,21H,5,8-9,14-16H2,1H3,(H,26,30). The molecule has 1 aliphatic rings. The number of benzene rings is 2. The van der Waals surface area contributed by atoms with Crippen molar-refractivity contribution >= 4 is 17.7 Å². The summed E-state index contributed by atoms with van der Waals surface area (Å²) in [5.41, 5.74) is 1.46. The van der Waals surface area contributed by atoms with Crippen LogP contribution in [-0.4, -0.2) is 32.5 Å². The largest absolute Gasteiger partial charge is 0.352 e. The zero-order valence-electron chi connectivity index (χ0n) is 17.6. The predicted octanol–water partition coefficient (Wildman–Crippen LogP) is 4.92. The highest BCUT2D eigenvalue weighted by Crippen LogP contribution is 2.27. The molecule has 1 N–H and O–H groups in total. The van der Waals surface area contributed by atoms with Gasteiger partial charge in [-0.15, -0.1) is 10.2 Å². The van der Waals surface area contributed by atoms with Crippen molar-refractivity contribution in [1.82, 2.24) is 20.1 Å². The van der Waals surface area contributed by atoms with Gasteiger partial charge in [0, 0.05) is 6.04 Å². The molecule has 5 nitrogen and oxygen atoms in total. The number of hydrogen-bond donors (Lipinski definition) is 1. The summed E-state index contributed by atoms with van der Waals surface area (Å²) in [4.78, 5) is 12.6. The highest BCUT2D eigenvalue weighted by Gasteiger charge is 2.23. The quantitative estimate of drug-likeness (QED) is 0.532. The lowest BCUT2D eigenvalue weighted by atomic mass is 9.86. The van der Waals surface area contributed by atoms with E-state index < -0.39 is 0 Å². The molecule has 0 bridgehead atoms. The third-order valence-electron chi connectivity index (χ3n) is 5.81. The molecule has 2 aromatic carbocycles. The topological polar surface area (TPSA) is 59.8 Å². The first-order valence-corrected chi connectivity index (χ1v) is 11.7. The molecule has 31 heavy (non-hydrogen) atoms. The van der Waals surface area contributed by atoms with E-state index in [9.17, 15) is 9.18 Å². The van der Waals surface area contributed by atoms with Crippen molar-refractivity contribution < 1.29 is 9.18 Å². The molecular weight excluding hydrogens is 411 g/mol. The maximum absolute atomic E-state index is 14.5. The molecule has 1 heterocycles. The normalized spacial score (nSPS) is 18.6. The zero-order valence-corrected chi connectivity index (χ0v) is 18.4. The Bertz CT molecular complexity index is 1020. The summed E-state index contributed by atoms with van der Waals surface area (Å²) in [6.07, 6.45) is 4.61. The number of nitrogens with one attached hydrogen (secondary N) is 1. The fourth-order valence-corrected chi connectivity index (χ4v) is 4.80. The van der Waals surface area contributed by atoms with E-state index in [1.807, 2.05) is 34.9 Å². The fourth-order valence-electron chi connectivity index (χ4n) is 4.06. The lowest BCUT2D eigenvalue weighted by molar-refractivity contribution is -0.119. The van der Waals surface area contributed by atoms with Crippen LogP contribution in [0, 0.1) is 11.7 Å². The maximum Gasteiger partial charge on any atom is 0.230 e. The number of hydrogen-bond acceptors (Lipinski definition) is 4. The van der Waals surface area contributed by atoms with Gasteiger partial charge < -0.3 is 5.32 Å². The molecule has 162 valence electrons. The molecule has 1 fully saturated rings. The van der Waals surface area contributed by atoms with Crippen LogP contribution < -0.4 is 5.32 Å². The summed E-state index contributed by atoms with van der Waals surface area (Å²) < 4.78 is 16.3. The summed E-state index contributed by atoms with van der Waals surface area (Å²) in [5, 5.41) is 12.3. The first-order valence-electron chi connectivity index (χ1n) is 10.8. The Morgan fingerprint density at radius 2 is 1.84 bits per heavy atom. The molecule has 3 aromatic rings. The van der Waals surface area contributed by atoms with Crippen LogP contribution in [0.15, 0.2) is 59.8 Å². The molecule has 1 amide bonds. The first kappa shape index (κ1) is 21.6. The lowest BCUT2D eigenvalue weighted by Gasteiger charge is -2.29. The molecule has 2 unspecified atom stereocenters. The van der Waals surface area contributed by atoms with Crippen LogP contribution in [-0.2, 0) is 11.3 Å². The second kappa shape index (κ2) is 10.1. The highest BCUT2D eigenvalue weighted by atomic mass is 32.2. The minimum absolute atomic E-state index is 0.00505. The Kier molecular flexibility index (Phi) is 7.02. The van der Waals surface area contributed by atoms with Crippen molar-refractivity contribution in [3.8, 4) is 11.4 Å². The van der Waals surface area contributed by atoms with E-state index in [1.54, 1.807) is 18.2 Å². The summed E-state index contributed by atoms with van der Waals surface area (Å²) in [6.45, 7) is 2.70. The molecule has 0 radical (unpaired) electrons. The van der Waals surface area contributed by atoms with Crippen molar-refractivity contribution in [2.45, 2.75) is 50.4 Å². The third kappa shape index (κ3) is 5.34. The van der Waals surface area contributed by atoms with E-state index in [0.29, 0.717) is 29.0 Å². The van der Waals surface area contributed by atoms with E-state index in [1.165, 1.54) is 30.7 Å². The monoisotopic (exact) mass is 438 g/mol. The van der Waals surface area contributed by atoms with Crippen LogP contribution in [0.3, 0.4) is 0 Å². The van der Waals surface area contributed by atoms with Crippen molar-refractivity contribution in [2.24, 2.45) is 5.92 Å². The molecule has 2 atom stereocenters. The minimum atomic E-state index is -0.343. The van der Waals surface area contributed by atoms with Gasteiger partial charge >= 0.3 is 0 Å². The summed E-state index contributed by atoms with van der Waals surface area (Å²) in [5.74, 6) is 0.894. The lowest BCUT2D eigenvalue weighted by Crippen LogP contribution is -2.41. The van der Waals surface area contributed by atoms with Gasteiger partial charge in [-0.05, 0) is 36.5 Å². The Morgan fingerprint density at radius 1 is 1.10 bits per heavy atom. The van der Waals surface area contributed by atoms with Crippen LogP contribution in [0.1, 0.15) is 38.2 Å². The second-order valence-electron chi connectivity index (χ2n) is 8.08. The van der Waals surface area contributed by atoms with Gasteiger partial charge in [-0.2, -0.15) is 0 Å². The van der Waals surface area contributed by atoms with Crippen molar-refractivity contribution in [3.05, 3.63) is 66.0 Å². The average Bonchev–Trinajstić information content (AvgIpc) is 3.17. The van der Waals surface area contributed by atoms with Crippen molar-refractivity contribution in [1.29, 1.82) is 0 Å². The van der Waals surface area contributed by atoms with Crippen LogP contribution in [0.25, 0.3) is 11.4 Å². The minimum Gasteiger partial charge on any atom is -0.352 e. The number of halogens is 1. The zero-order chi connectivity index (χ0) is 21.6. The van der Waals surface area contributed by atoms with Crippen LogP contribution in [0.2, 0.25) is 0 Å². The summed E-state index contributed by atoms with van der Waals surface area (Å²) >= 11 is 1.34. The molecule has 1 aromatic heterocycles. The Balaban J connectivity index is 1.53. The van der Waals surface area contributed by atoms with Gasteiger partial charge in [-0.25, -0.2) is 4.39 Å². The Labute approximate surface area is 186 Å². The highest BCUT2D eigenvalue weighted by molar-refractivity contribution is 7.99. The Hall–Kier alpha value is -2.67. The molecule has 0 saturated heterocycles. The number of carbonyl (C=O) groups excluding carboxylic acids is 1. The molecule has 1 saturated carbocycles. The van der Waals surface area contributed by atoms with E-state index in [2.05, 4.69) is 22.4 Å². The number of aromatic nitrogens is 3. The molecule has 0 spiro atoms. The van der Waals surface area contributed by atoms with Crippen LogP contribution in [0.5, 0.6) is 0 Å². The molecule has 0 aliphatic heterocycles. The van der Waals surface area contributed by atoms with Crippen molar-refractivity contribution in [2.75, 3.05) is 5.75 Å². The smallest absolute Gasteiger partial charge is 0.230 e.